The Hall–Kier alpha value is 0.760. The molecule has 0 aliphatic heterocycles. The largest absolute Gasteiger partial charge is 0.327 e. The molecule has 0 spiro atoms. The zero-order chi connectivity index (χ0) is 17.8. The summed E-state index contributed by atoms with van der Waals surface area (Å²) in [5.74, 6) is 0. The van der Waals surface area contributed by atoms with E-state index < -0.39 is 13.4 Å². The predicted octanol–water partition coefficient (Wildman–Crippen LogP) is 1.34. The first-order valence-electron chi connectivity index (χ1n) is 5.62. The van der Waals surface area contributed by atoms with Gasteiger partial charge in [0.2, 0.25) is 0 Å². The van der Waals surface area contributed by atoms with E-state index in [9.17, 15) is 0 Å². The third-order valence-electron chi connectivity index (χ3n) is 0.167. The summed E-state index contributed by atoms with van der Waals surface area (Å²) in [5, 5.41) is 0. The molecule has 0 atom stereocenters. The molecule has 0 bridgehead atoms. The van der Waals surface area contributed by atoms with Crippen molar-refractivity contribution in [2.45, 2.75) is 40.5 Å². The Morgan fingerprint density at radius 1 is 0.850 bits per heavy atom. The lowest BCUT2D eigenvalue weighted by Crippen LogP contribution is -1.90. The van der Waals surface area contributed by atoms with Crippen LogP contribution in [-0.2, 0) is 23.6 Å². The van der Waals surface area contributed by atoms with Crippen LogP contribution in [0, 0.1) is 0 Å². The van der Waals surface area contributed by atoms with E-state index in [2.05, 4.69) is 57.9 Å². The van der Waals surface area contributed by atoms with Gasteiger partial charge in [0, 0.05) is 6.54 Å². The van der Waals surface area contributed by atoms with Crippen LogP contribution >= 0.6 is 13.4 Å². The minimum absolute atomic E-state index is 0.583. The predicted molar refractivity (Wildman–Crippen MR) is 93.1 cm³/mol. The van der Waals surface area contributed by atoms with Crippen LogP contribution in [0.4, 0.5) is 0 Å². The second-order valence-corrected chi connectivity index (χ2v) is 7.96. The molecule has 0 unspecified atom stereocenters. The molecule has 0 aromatic rings. The van der Waals surface area contributed by atoms with Gasteiger partial charge in [-0.05, 0) is 23.6 Å². The molecule has 0 aliphatic carbocycles. The Labute approximate surface area is 132 Å². The zero-order valence-electron chi connectivity index (χ0n) is 12.4. The molecule has 0 aliphatic rings. The van der Waals surface area contributed by atoms with Crippen LogP contribution < -0.4 is 5.73 Å². The van der Waals surface area contributed by atoms with E-state index in [1.165, 1.54) is 12.8 Å². The Morgan fingerprint density at radius 2 is 0.900 bits per heavy atom. The molecule has 0 saturated heterocycles. The second kappa shape index (κ2) is 24.8. The molecule has 0 rings (SSSR count). The topological polar surface area (TPSA) is 147 Å². The molecule has 128 valence electrons. The molecule has 0 amide bonds. The molecule has 0 fully saturated rings. The number of hydrogen-bond acceptors (Lipinski definition) is 3. The van der Waals surface area contributed by atoms with Crippen molar-refractivity contribution < 1.29 is 29.4 Å². The molecule has 0 saturated carbocycles. The highest BCUT2D eigenvalue weighted by Gasteiger charge is 1.92. The molecule has 11 heteroatoms. The second-order valence-electron chi connectivity index (χ2n) is 2.97. The Kier molecular flexibility index (Phi) is 40.4. The highest BCUT2D eigenvalue weighted by molar-refractivity contribution is 8.06. The zero-order valence-corrected chi connectivity index (χ0v) is 15.8. The van der Waals surface area contributed by atoms with Gasteiger partial charge in [-0.1, -0.05) is 46.6 Å². The van der Waals surface area contributed by atoms with Gasteiger partial charge in [-0.2, -0.15) is 0 Å². The monoisotopic (exact) mass is 373 g/mol. The van der Waals surface area contributed by atoms with Crippen LogP contribution in [0.2, 0.25) is 0 Å². The highest BCUT2D eigenvalue weighted by Crippen LogP contribution is 2.26. The molecule has 20 heavy (non-hydrogen) atoms. The Bertz CT molecular complexity index is 218. The summed E-state index contributed by atoms with van der Waals surface area (Å²) >= 11 is 7.21. The van der Waals surface area contributed by atoms with Crippen LogP contribution in [0.25, 0.3) is 0 Å². The summed E-state index contributed by atoms with van der Waals surface area (Å²) in [6.07, 6.45) is 4.15. The van der Waals surface area contributed by atoms with Crippen LogP contribution in [0.15, 0.2) is 12.7 Å². The van der Waals surface area contributed by atoms with Crippen LogP contribution in [-0.4, -0.2) is 35.9 Å². The minimum Gasteiger partial charge on any atom is -0.327 e. The molecular formula is C9H29NO6P2S2. The summed E-state index contributed by atoms with van der Waals surface area (Å²) < 4.78 is 0. The number of rotatable bonds is 1. The maximum Gasteiger partial charge on any atom is 0.319 e. The van der Waals surface area contributed by atoms with Crippen molar-refractivity contribution in [1.82, 2.24) is 0 Å². The Morgan fingerprint density at radius 3 is 0.900 bits per heavy atom. The third kappa shape index (κ3) is 1910. The van der Waals surface area contributed by atoms with Crippen molar-refractivity contribution in [2.75, 3.05) is 6.54 Å². The maximum atomic E-state index is 7.56. The summed E-state index contributed by atoms with van der Waals surface area (Å²) in [4.78, 5) is 45.3. The fourth-order valence-electron chi connectivity index (χ4n) is 0. The first-order valence-corrected chi connectivity index (χ1v) is 10.9. The molecule has 0 aromatic heterocycles. The van der Waals surface area contributed by atoms with Crippen molar-refractivity contribution >= 4 is 37.1 Å². The first kappa shape index (κ1) is 32.6. The van der Waals surface area contributed by atoms with Crippen LogP contribution in [0.3, 0.4) is 0 Å². The first-order chi connectivity index (χ1) is 8.74. The van der Waals surface area contributed by atoms with Gasteiger partial charge in [-0.15, -0.1) is 6.58 Å². The summed E-state index contributed by atoms with van der Waals surface area (Å²) in [7, 11) is 0. The van der Waals surface area contributed by atoms with Gasteiger partial charge in [0.15, 0.2) is 0 Å². The lowest BCUT2D eigenvalue weighted by Gasteiger charge is -1.88. The van der Waals surface area contributed by atoms with E-state index in [1.54, 1.807) is 6.08 Å². The van der Waals surface area contributed by atoms with Gasteiger partial charge in [-0.25, -0.2) is 0 Å². The molecule has 7 nitrogen and oxygen atoms in total. The highest BCUT2D eigenvalue weighted by atomic mass is 32.5. The van der Waals surface area contributed by atoms with Crippen LogP contribution in [0.1, 0.15) is 40.5 Å². The lowest BCUT2D eigenvalue weighted by atomic mass is 10.6. The van der Waals surface area contributed by atoms with Gasteiger partial charge in [0.25, 0.3) is 0 Å². The summed E-state index contributed by atoms with van der Waals surface area (Å²) in [6.45, 7) is 4.83. The van der Waals surface area contributed by atoms with Gasteiger partial charge in [-0.3, -0.25) is 0 Å². The SMILES string of the molecule is C=CCN.CCC.CCC.OP(O)(O)=S.OP(O)(O)=S. The molecule has 0 aromatic carbocycles. The van der Waals surface area contributed by atoms with E-state index in [-0.39, 0.29) is 0 Å². The smallest absolute Gasteiger partial charge is 0.319 e. The van der Waals surface area contributed by atoms with E-state index in [0.29, 0.717) is 6.54 Å². The van der Waals surface area contributed by atoms with E-state index in [4.69, 9.17) is 35.1 Å². The van der Waals surface area contributed by atoms with Crippen molar-refractivity contribution in [2.24, 2.45) is 5.73 Å². The molecule has 0 heterocycles. The fourth-order valence-corrected chi connectivity index (χ4v) is 0. The average Bonchev–Trinajstić information content (AvgIpc) is 2.14. The van der Waals surface area contributed by atoms with Gasteiger partial charge < -0.3 is 35.1 Å². The number of hydrogen-bond donors (Lipinski definition) is 7. The van der Waals surface area contributed by atoms with Crippen molar-refractivity contribution in [1.29, 1.82) is 0 Å². The standard InChI is InChI=1S/C3H7N.2C3H8.2H3O3PS/c1-2-3-4;2*1-3-2;2*1-4(2,3)5/h2H,1,3-4H2;2*3H2,1-2H3;2*(H3,1,2,3,5). The van der Waals surface area contributed by atoms with Gasteiger partial charge >= 0.3 is 13.4 Å². The lowest BCUT2D eigenvalue weighted by molar-refractivity contribution is 0.361. The minimum atomic E-state index is -3.81. The maximum absolute atomic E-state index is 7.56. The average molecular weight is 373 g/mol. The quantitative estimate of drug-likeness (QED) is 0.267. The Balaban J connectivity index is -0.0000000478. The normalized spacial score (nSPS) is 8.95. The van der Waals surface area contributed by atoms with Crippen LogP contribution in [0.5, 0.6) is 0 Å². The molecular weight excluding hydrogens is 344 g/mol. The fraction of sp³-hybridized carbons (Fsp3) is 0.778. The van der Waals surface area contributed by atoms with Crippen molar-refractivity contribution in [3.63, 3.8) is 0 Å². The van der Waals surface area contributed by atoms with E-state index >= 15 is 0 Å². The molecule has 8 N–H and O–H groups in total. The van der Waals surface area contributed by atoms with Gasteiger partial charge in [0.1, 0.15) is 0 Å². The van der Waals surface area contributed by atoms with E-state index in [1.807, 2.05) is 0 Å². The summed E-state index contributed by atoms with van der Waals surface area (Å²) in [6, 6.07) is 0. The number of nitrogens with two attached hydrogens (primary N) is 1. The van der Waals surface area contributed by atoms with Gasteiger partial charge in [0.05, 0.1) is 0 Å². The van der Waals surface area contributed by atoms with Crippen molar-refractivity contribution in [3.05, 3.63) is 12.7 Å². The van der Waals surface area contributed by atoms with Crippen molar-refractivity contribution in [3.8, 4) is 0 Å². The molecule has 0 radical (unpaired) electrons. The van der Waals surface area contributed by atoms with E-state index in [0.717, 1.165) is 0 Å². The third-order valence-corrected chi connectivity index (χ3v) is 0.167. The summed E-state index contributed by atoms with van der Waals surface area (Å²) in [5.41, 5.74) is 4.91.